The Hall–Kier alpha value is -1.91. The van der Waals surface area contributed by atoms with Gasteiger partial charge in [0.15, 0.2) is 0 Å². The lowest BCUT2D eigenvalue weighted by atomic mass is 10.2. The highest BCUT2D eigenvalue weighted by Gasteiger charge is 2.34. The van der Waals surface area contributed by atoms with Gasteiger partial charge in [-0.3, -0.25) is 9.78 Å². The zero-order valence-corrected chi connectivity index (χ0v) is 8.67. The molecule has 0 saturated carbocycles. The second-order valence-corrected chi connectivity index (χ2v) is 3.71. The van der Waals surface area contributed by atoms with Gasteiger partial charge >= 0.3 is 5.97 Å². The van der Waals surface area contributed by atoms with E-state index >= 15 is 0 Å². The van der Waals surface area contributed by atoms with E-state index in [2.05, 4.69) is 4.98 Å². The van der Waals surface area contributed by atoms with Crippen molar-refractivity contribution in [2.24, 2.45) is 0 Å². The van der Waals surface area contributed by atoms with Crippen molar-refractivity contribution in [1.82, 2.24) is 9.88 Å². The number of carbonyl (C=O) groups is 2. The zero-order valence-electron chi connectivity index (χ0n) is 8.67. The molecule has 0 spiro atoms. The second-order valence-electron chi connectivity index (χ2n) is 3.71. The monoisotopic (exact) mass is 220 g/mol. The normalized spacial score (nSPS) is 19.8. The molecular weight excluding hydrogens is 208 g/mol. The summed E-state index contributed by atoms with van der Waals surface area (Å²) in [6, 6.07) is 4.33. The minimum Gasteiger partial charge on any atom is -0.480 e. The van der Waals surface area contributed by atoms with Gasteiger partial charge in [-0.1, -0.05) is 6.07 Å². The third kappa shape index (κ3) is 1.88. The molecule has 1 aromatic heterocycles. The molecule has 5 heteroatoms. The van der Waals surface area contributed by atoms with Crippen LogP contribution in [0.3, 0.4) is 0 Å². The smallest absolute Gasteiger partial charge is 0.326 e. The van der Waals surface area contributed by atoms with E-state index in [4.69, 9.17) is 5.11 Å². The number of amides is 1. The molecule has 1 aliphatic heterocycles. The summed E-state index contributed by atoms with van der Waals surface area (Å²) >= 11 is 0. The quantitative estimate of drug-likeness (QED) is 0.799. The van der Waals surface area contributed by atoms with Crippen LogP contribution >= 0.6 is 0 Å². The predicted octanol–water partition coefficient (Wildman–Crippen LogP) is 0.771. The summed E-state index contributed by atoms with van der Waals surface area (Å²) in [5, 5.41) is 8.97. The number of hydrogen-bond donors (Lipinski definition) is 1. The Bertz CT molecular complexity index is 405. The maximum atomic E-state index is 12.0. The number of carboxylic acid groups (broad SMARTS) is 1. The van der Waals surface area contributed by atoms with Gasteiger partial charge in [0, 0.05) is 12.7 Å². The molecule has 84 valence electrons. The Labute approximate surface area is 92.7 Å². The van der Waals surface area contributed by atoms with E-state index in [1.165, 1.54) is 11.1 Å². The summed E-state index contributed by atoms with van der Waals surface area (Å²) in [6.45, 7) is 0.492. The number of likely N-dealkylation sites (tertiary alicyclic amines) is 1. The molecule has 1 saturated heterocycles. The lowest BCUT2D eigenvalue weighted by Gasteiger charge is -2.20. The molecule has 0 unspecified atom stereocenters. The van der Waals surface area contributed by atoms with Crippen molar-refractivity contribution in [1.29, 1.82) is 0 Å². The lowest BCUT2D eigenvalue weighted by Crippen LogP contribution is -2.40. The molecule has 2 heterocycles. The number of aliphatic carboxylic acids is 1. The van der Waals surface area contributed by atoms with Gasteiger partial charge in [0.1, 0.15) is 11.7 Å². The van der Waals surface area contributed by atoms with Crippen LogP contribution < -0.4 is 0 Å². The highest BCUT2D eigenvalue weighted by molar-refractivity contribution is 5.95. The third-order valence-electron chi connectivity index (χ3n) is 2.68. The molecule has 0 aliphatic carbocycles. The van der Waals surface area contributed by atoms with Crippen molar-refractivity contribution >= 4 is 11.9 Å². The van der Waals surface area contributed by atoms with Crippen LogP contribution in [-0.2, 0) is 4.79 Å². The van der Waals surface area contributed by atoms with Gasteiger partial charge in [-0.15, -0.1) is 0 Å². The summed E-state index contributed by atoms with van der Waals surface area (Å²) in [7, 11) is 0. The van der Waals surface area contributed by atoms with Gasteiger partial charge in [-0.2, -0.15) is 0 Å². The van der Waals surface area contributed by atoms with Gasteiger partial charge < -0.3 is 10.0 Å². The first-order valence-electron chi connectivity index (χ1n) is 5.15. The molecule has 0 radical (unpaired) electrons. The summed E-state index contributed by atoms with van der Waals surface area (Å²) in [5.41, 5.74) is 0.302. The maximum Gasteiger partial charge on any atom is 0.326 e. The van der Waals surface area contributed by atoms with Gasteiger partial charge in [0.05, 0.1) is 0 Å². The number of carboxylic acids is 1. The largest absolute Gasteiger partial charge is 0.480 e. The van der Waals surface area contributed by atoms with Crippen LogP contribution in [0.25, 0.3) is 0 Å². The molecule has 1 aromatic rings. The van der Waals surface area contributed by atoms with E-state index in [0.717, 1.165) is 6.42 Å². The van der Waals surface area contributed by atoms with Gasteiger partial charge in [0.25, 0.3) is 5.91 Å². The van der Waals surface area contributed by atoms with Crippen molar-refractivity contribution in [2.45, 2.75) is 18.9 Å². The van der Waals surface area contributed by atoms with Crippen molar-refractivity contribution in [3.8, 4) is 0 Å². The molecular formula is C11H12N2O3. The fraction of sp³-hybridized carbons (Fsp3) is 0.364. The SMILES string of the molecule is O=C(O)[C@@H]1CCCN1C(=O)c1ccccn1. The minimum atomic E-state index is -0.943. The highest BCUT2D eigenvalue weighted by atomic mass is 16.4. The molecule has 0 bridgehead atoms. The van der Waals surface area contributed by atoms with E-state index in [1.807, 2.05) is 0 Å². The highest BCUT2D eigenvalue weighted by Crippen LogP contribution is 2.19. The average Bonchev–Trinajstić information content (AvgIpc) is 2.78. The molecule has 0 aromatic carbocycles. The number of pyridine rings is 1. The summed E-state index contributed by atoms with van der Waals surface area (Å²) in [5.74, 6) is -1.24. The lowest BCUT2D eigenvalue weighted by molar-refractivity contribution is -0.141. The molecule has 1 fully saturated rings. The minimum absolute atomic E-state index is 0.300. The van der Waals surface area contributed by atoms with E-state index < -0.39 is 12.0 Å². The fourth-order valence-corrected chi connectivity index (χ4v) is 1.90. The summed E-state index contributed by atoms with van der Waals surface area (Å²) in [6.07, 6.45) is 2.78. The van der Waals surface area contributed by atoms with Crippen LogP contribution in [0.1, 0.15) is 23.3 Å². The first kappa shape index (κ1) is 10.6. The first-order chi connectivity index (χ1) is 7.70. The third-order valence-corrected chi connectivity index (χ3v) is 2.68. The first-order valence-corrected chi connectivity index (χ1v) is 5.15. The fourth-order valence-electron chi connectivity index (χ4n) is 1.90. The summed E-state index contributed by atoms with van der Waals surface area (Å²) < 4.78 is 0. The van der Waals surface area contributed by atoms with Crippen LogP contribution in [0.2, 0.25) is 0 Å². The van der Waals surface area contributed by atoms with E-state index in [1.54, 1.807) is 18.2 Å². The van der Waals surface area contributed by atoms with Gasteiger partial charge in [-0.05, 0) is 25.0 Å². The van der Waals surface area contributed by atoms with Gasteiger partial charge in [0.2, 0.25) is 0 Å². The average molecular weight is 220 g/mol. The van der Waals surface area contributed by atoms with Crippen molar-refractivity contribution < 1.29 is 14.7 Å². The Balaban J connectivity index is 2.19. The topological polar surface area (TPSA) is 70.5 Å². The molecule has 1 atom stereocenters. The number of nitrogens with zero attached hydrogens (tertiary/aromatic N) is 2. The molecule has 1 N–H and O–H groups in total. The molecule has 16 heavy (non-hydrogen) atoms. The van der Waals surface area contributed by atoms with Crippen LogP contribution in [-0.4, -0.2) is 39.5 Å². The Morgan fingerprint density at radius 3 is 2.88 bits per heavy atom. The van der Waals surface area contributed by atoms with Crippen molar-refractivity contribution in [3.05, 3.63) is 30.1 Å². The zero-order chi connectivity index (χ0) is 11.5. The van der Waals surface area contributed by atoms with Crippen LogP contribution in [0, 0.1) is 0 Å². The van der Waals surface area contributed by atoms with Gasteiger partial charge in [-0.25, -0.2) is 4.79 Å². The van der Waals surface area contributed by atoms with E-state index in [0.29, 0.717) is 18.7 Å². The molecule has 5 nitrogen and oxygen atoms in total. The predicted molar refractivity (Wildman–Crippen MR) is 55.9 cm³/mol. The Morgan fingerprint density at radius 1 is 1.44 bits per heavy atom. The molecule has 1 aliphatic rings. The number of aromatic nitrogens is 1. The van der Waals surface area contributed by atoms with E-state index in [9.17, 15) is 9.59 Å². The second kappa shape index (κ2) is 4.30. The van der Waals surface area contributed by atoms with Crippen molar-refractivity contribution in [3.63, 3.8) is 0 Å². The number of rotatable bonds is 2. The number of hydrogen-bond acceptors (Lipinski definition) is 3. The van der Waals surface area contributed by atoms with Crippen LogP contribution in [0.15, 0.2) is 24.4 Å². The maximum absolute atomic E-state index is 12.0. The van der Waals surface area contributed by atoms with Crippen LogP contribution in [0.5, 0.6) is 0 Å². The standard InChI is InChI=1S/C11H12N2O3/c14-10(8-4-1-2-6-12-8)13-7-3-5-9(13)11(15)16/h1-2,4,6,9H,3,5,7H2,(H,15,16)/t9-/m0/s1. The summed E-state index contributed by atoms with van der Waals surface area (Å²) in [4.78, 5) is 28.2. The Kier molecular flexibility index (Phi) is 2.85. The molecule has 1 amide bonds. The van der Waals surface area contributed by atoms with Crippen molar-refractivity contribution in [2.75, 3.05) is 6.54 Å². The van der Waals surface area contributed by atoms with Crippen LogP contribution in [0.4, 0.5) is 0 Å². The van der Waals surface area contributed by atoms with E-state index in [-0.39, 0.29) is 5.91 Å². The Morgan fingerprint density at radius 2 is 2.25 bits per heavy atom. The molecule has 2 rings (SSSR count). The number of carbonyl (C=O) groups excluding carboxylic acids is 1.